The molecule has 0 aliphatic heterocycles. The Balaban J connectivity index is 1.74. The molecule has 0 unspecified atom stereocenters. The number of nitrogens with one attached hydrogen (secondary N) is 1. The van der Waals surface area contributed by atoms with E-state index >= 15 is 0 Å². The Kier molecular flexibility index (Phi) is 5.51. The normalized spacial score (nSPS) is 14.5. The molecule has 1 aliphatic carbocycles. The fourth-order valence-corrected chi connectivity index (χ4v) is 4.25. The molecule has 2 aromatic rings. The van der Waals surface area contributed by atoms with Crippen LogP contribution in [0.2, 0.25) is 0 Å². The van der Waals surface area contributed by atoms with Crippen molar-refractivity contribution in [1.29, 1.82) is 0 Å². The number of sulfonamides is 1. The molecule has 0 fully saturated rings. The van der Waals surface area contributed by atoms with E-state index in [1.54, 1.807) is 0 Å². The fourth-order valence-electron chi connectivity index (χ4n) is 3.40. The Morgan fingerprint density at radius 2 is 1.89 bits per heavy atom. The van der Waals surface area contributed by atoms with Gasteiger partial charge < -0.3 is 5.32 Å². The van der Waals surface area contributed by atoms with E-state index in [1.165, 1.54) is 35.4 Å². The first kappa shape index (κ1) is 19.4. The number of benzene rings is 2. The van der Waals surface area contributed by atoms with Crippen LogP contribution in [0.3, 0.4) is 0 Å². The molecule has 0 radical (unpaired) electrons. The minimum Gasteiger partial charge on any atom is -0.348 e. The molecule has 5 nitrogen and oxygen atoms in total. The number of aryl methyl sites for hydroxylation is 2. The Labute approximate surface area is 159 Å². The number of rotatable bonds is 6. The van der Waals surface area contributed by atoms with Crippen molar-refractivity contribution in [2.24, 2.45) is 0 Å². The van der Waals surface area contributed by atoms with Crippen LogP contribution in [-0.4, -0.2) is 27.1 Å². The first-order valence-corrected chi connectivity index (χ1v) is 10.7. The van der Waals surface area contributed by atoms with E-state index in [4.69, 9.17) is 0 Å². The van der Waals surface area contributed by atoms with Gasteiger partial charge in [-0.3, -0.25) is 9.10 Å². The minimum absolute atomic E-state index is 0.139. The van der Waals surface area contributed by atoms with Gasteiger partial charge in [-0.25, -0.2) is 12.8 Å². The lowest BCUT2D eigenvalue weighted by molar-refractivity contribution is -0.120. The molecule has 0 bridgehead atoms. The average molecular weight is 390 g/mol. The van der Waals surface area contributed by atoms with Gasteiger partial charge in [0.25, 0.3) is 0 Å². The molecule has 0 aromatic heterocycles. The summed E-state index contributed by atoms with van der Waals surface area (Å²) in [5.74, 6) is -1.18. The molecule has 144 valence electrons. The van der Waals surface area contributed by atoms with E-state index in [-0.39, 0.29) is 11.7 Å². The van der Waals surface area contributed by atoms with Gasteiger partial charge in [-0.15, -0.1) is 0 Å². The first-order valence-electron chi connectivity index (χ1n) is 8.89. The molecule has 3 rings (SSSR count). The number of anilines is 1. The van der Waals surface area contributed by atoms with Crippen molar-refractivity contribution in [2.75, 3.05) is 17.1 Å². The van der Waals surface area contributed by atoms with Crippen LogP contribution in [-0.2, 0) is 27.7 Å². The van der Waals surface area contributed by atoms with Gasteiger partial charge >= 0.3 is 0 Å². The second-order valence-electron chi connectivity index (χ2n) is 6.89. The number of fused-ring (bicyclic) bond motifs is 1. The number of hydrogen-bond donors (Lipinski definition) is 1. The van der Waals surface area contributed by atoms with Gasteiger partial charge in [0.05, 0.1) is 18.0 Å². The second kappa shape index (κ2) is 7.68. The van der Waals surface area contributed by atoms with Crippen LogP contribution < -0.4 is 9.62 Å². The molecule has 2 aromatic carbocycles. The molecule has 27 heavy (non-hydrogen) atoms. The summed E-state index contributed by atoms with van der Waals surface area (Å²) in [4.78, 5) is 12.5. The monoisotopic (exact) mass is 390 g/mol. The van der Waals surface area contributed by atoms with E-state index in [9.17, 15) is 17.6 Å². The molecule has 0 saturated carbocycles. The highest BCUT2D eigenvalue weighted by Crippen LogP contribution is 2.26. The summed E-state index contributed by atoms with van der Waals surface area (Å²) < 4.78 is 39.0. The number of carbonyl (C=O) groups is 1. The predicted octanol–water partition coefficient (Wildman–Crippen LogP) is 2.96. The van der Waals surface area contributed by atoms with E-state index in [0.717, 1.165) is 35.4 Å². The van der Waals surface area contributed by atoms with Crippen molar-refractivity contribution in [3.05, 3.63) is 65.0 Å². The number of carbonyl (C=O) groups excluding carboxylic acids is 1. The molecular formula is C20H23FN2O3S. The highest BCUT2D eigenvalue weighted by atomic mass is 32.2. The summed E-state index contributed by atoms with van der Waals surface area (Å²) in [6.45, 7) is 1.37. The highest BCUT2D eigenvalue weighted by Gasteiger charge is 2.24. The maximum atomic E-state index is 14.0. The van der Waals surface area contributed by atoms with E-state index in [2.05, 4.69) is 17.4 Å². The quantitative estimate of drug-likeness (QED) is 0.825. The summed E-state index contributed by atoms with van der Waals surface area (Å²) >= 11 is 0. The third-order valence-corrected chi connectivity index (χ3v) is 5.94. The third-order valence-electron chi connectivity index (χ3n) is 4.81. The standard InChI is InChI=1S/C20H23FN2O3S/c1-14(16-11-10-15-6-5-7-17(15)12-16)22-20(24)13-23(27(2,25)26)19-9-4-3-8-18(19)21/h3-4,8-12,14H,5-7,13H2,1-2H3,(H,22,24)/t14-/m0/s1. The summed E-state index contributed by atoms with van der Waals surface area (Å²) in [6, 6.07) is 11.4. The molecule has 0 spiro atoms. The number of halogens is 1. The van der Waals surface area contributed by atoms with Crippen molar-refractivity contribution in [1.82, 2.24) is 5.32 Å². The van der Waals surface area contributed by atoms with Gasteiger partial charge in [-0.05, 0) is 55.0 Å². The number of hydrogen-bond acceptors (Lipinski definition) is 3. The van der Waals surface area contributed by atoms with Crippen LogP contribution in [0, 0.1) is 5.82 Å². The van der Waals surface area contributed by atoms with Crippen molar-refractivity contribution in [2.45, 2.75) is 32.2 Å². The molecular weight excluding hydrogens is 367 g/mol. The smallest absolute Gasteiger partial charge is 0.241 e. The van der Waals surface area contributed by atoms with Gasteiger partial charge in [0.1, 0.15) is 12.4 Å². The van der Waals surface area contributed by atoms with Crippen molar-refractivity contribution < 1.29 is 17.6 Å². The van der Waals surface area contributed by atoms with Crippen LogP contribution in [0.25, 0.3) is 0 Å². The number of amides is 1. The van der Waals surface area contributed by atoms with Crippen LogP contribution >= 0.6 is 0 Å². The Hall–Kier alpha value is -2.41. The lowest BCUT2D eigenvalue weighted by Gasteiger charge is -2.23. The molecule has 7 heteroatoms. The fraction of sp³-hybridized carbons (Fsp3) is 0.350. The number of para-hydroxylation sites is 1. The van der Waals surface area contributed by atoms with E-state index < -0.39 is 28.3 Å². The second-order valence-corrected chi connectivity index (χ2v) is 8.80. The van der Waals surface area contributed by atoms with Crippen molar-refractivity contribution in [3.8, 4) is 0 Å². The van der Waals surface area contributed by atoms with Crippen LogP contribution in [0.1, 0.15) is 36.1 Å². The zero-order chi connectivity index (χ0) is 19.6. The molecule has 1 aliphatic rings. The van der Waals surface area contributed by atoms with Gasteiger partial charge in [-0.1, -0.05) is 30.3 Å². The van der Waals surface area contributed by atoms with Gasteiger partial charge in [0.2, 0.25) is 15.9 Å². The van der Waals surface area contributed by atoms with Crippen LogP contribution in [0.5, 0.6) is 0 Å². The first-order chi connectivity index (χ1) is 12.8. The Morgan fingerprint density at radius 3 is 2.59 bits per heavy atom. The largest absolute Gasteiger partial charge is 0.348 e. The Bertz CT molecular complexity index is 959. The van der Waals surface area contributed by atoms with Gasteiger partial charge in [0, 0.05) is 0 Å². The van der Waals surface area contributed by atoms with Gasteiger partial charge in [0.15, 0.2) is 0 Å². The van der Waals surface area contributed by atoms with Crippen molar-refractivity contribution in [3.63, 3.8) is 0 Å². The minimum atomic E-state index is -3.81. The van der Waals surface area contributed by atoms with E-state index in [1.807, 2.05) is 13.0 Å². The highest BCUT2D eigenvalue weighted by molar-refractivity contribution is 7.92. The lowest BCUT2D eigenvalue weighted by atomic mass is 10.0. The molecule has 1 amide bonds. The Morgan fingerprint density at radius 1 is 1.19 bits per heavy atom. The third kappa shape index (κ3) is 4.47. The van der Waals surface area contributed by atoms with Crippen LogP contribution in [0.4, 0.5) is 10.1 Å². The summed E-state index contributed by atoms with van der Waals surface area (Å²) in [5, 5.41) is 2.81. The molecule has 0 heterocycles. The SMILES string of the molecule is C[C@H](NC(=O)CN(c1ccccc1F)S(C)(=O)=O)c1ccc2c(c1)CCC2. The summed E-state index contributed by atoms with van der Waals surface area (Å²) in [7, 11) is -3.81. The molecule has 0 saturated heterocycles. The average Bonchev–Trinajstić information content (AvgIpc) is 3.07. The molecule has 1 atom stereocenters. The zero-order valence-corrected chi connectivity index (χ0v) is 16.2. The van der Waals surface area contributed by atoms with Gasteiger partial charge in [-0.2, -0.15) is 0 Å². The molecule has 1 N–H and O–H groups in total. The predicted molar refractivity (Wildman–Crippen MR) is 104 cm³/mol. The topological polar surface area (TPSA) is 66.5 Å². The maximum absolute atomic E-state index is 14.0. The van der Waals surface area contributed by atoms with Crippen LogP contribution in [0.15, 0.2) is 42.5 Å². The zero-order valence-electron chi connectivity index (χ0n) is 15.4. The van der Waals surface area contributed by atoms with Crippen molar-refractivity contribution >= 4 is 21.6 Å². The maximum Gasteiger partial charge on any atom is 0.241 e. The number of nitrogens with zero attached hydrogens (tertiary/aromatic N) is 1. The van der Waals surface area contributed by atoms with E-state index in [0.29, 0.717) is 0 Å². The lowest BCUT2D eigenvalue weighted by Crippen LogP contribution is -2.41. The summed E-state index contributed by atoms with van der Waals surface area (Å²) in [5.41, 5.74) is 3.49. The summed E-state index contributed by atoms with van der Waals surface area (Å²) in [6.07, 6.45) is 4.23.